The molecule has 5 heterocycles. The summed E-state index contributed by atoms with van der Waals surface area (Å²) in [5.74, 6) is 1.48. The van der Waals surface area contributed by atoms with Crippen molar-refractivity contribution in [1.82, 2.24) is 19.9 Å². The number of ketones is 1. The molecule has 10 heteroatoms. The molecule has 1 atom stereocenters. The summed E-state index contributed by atoms with van der Waals surface area (Å²) in [5, 5.41) is 5.08. The molecule has 4 N–H and O–H groups in total. The lowest BCUT2D eigenvalue weighted by Gasteiger charge is -2.18. The van der Waals surface area contributed by atoms with E-state index in [9.17, 15) is 4.79 Å². The van der Waals surface area contributed by atoms with Crippen LogP contribution in [0, 0.1) is 0 Å². The number of Topliss-reactive ketones (excluding diaryl/α,β-unsaturated/α-hetero) is 1. The third kappa shape index (κ3) is 3.23. The van der Waals surface area contributed by atoms with Gasteiger partial charge in [0.15, 0.2) is 10.9 Å². The van der Waals surface area contributed by atoms with Crippen molar-refractivity contribution in [1.29, 1.82) is 0 Å². The van der Waals surface area contributed by atoms with E-state index < -0.39 is 0 Å². The van der Waals surface area contributed by atoms with Crippen LogP contribution in [0.3, 0.4) is 0 Å². The Balaban J connectivity index is 1.58. The molecular weight excluding hydrogens is 410 g/mol. The van der Waals surface area contributed by atoms with Crippen LogP contribution in [0.2, 0.25) is 5.02 Å². The molecule has 0 bridgehead atoms. The zero-order chi connectivity index (χ0) is 20.1. The number of aromatic amines is 1. The van der Waals surface area contributed by atoms with Crippen LogP contribution in [0.5, 0.6) is 0 Å². The Hall–Kier alpha value is -2.36. The molecule has 29 heavy (non-hydrogen) atoms. The first-order valence-corrected chi connectivity index (χ1v) is 10.8. The lowest BCUT2D eigenvalue weighted by molar-refractivity contribution is 0.101. The molecule has 0 unspecified atom stereocenters. The second-order valence-electron chi connectivity index (χ2n) is 7.27. The van der Waals surface area contributed by atoms with Crippen molar-refractivity contribution < 1.29 is 4.79 Å². The molecule has 1 fully saturated rings. The maximum Gasteiger partial charge on any atom is 0.196 e. The Morgan fingerprint density at radius 1 is 1.41 bits per heavy atom. The number of nitrogens with one attached hydrogen (secondary N) is 2. The van der Waals surface area contributed by atoms with E-state index in [-0.39, 0.29) is 11.8 Å². The highest BCUT2D eigenvalue weighted by Gasteiger charge is 2.26. The minimum absolute atomic E-state index is 0.0433. The van der Waals surface area contributed by atoms with Crippen LogP contribution in [0.1, 0.15) is 29.4 Å². The monoisotopic (exact) mass is 429 g/mol. The fourth-order valence-corrected chi connectivity index (χ4v) is 4.90. The van der Waals surface area contributed by atoms with Gasteiger partial charge >= 0.3 is 0 Å². The molecule has 150 valence electrons. The van der Waals surface area contributed by atoms with Gasteiger partial charge in [-0.05, 0) is 30.7 Å². The summed E-state index contributed by atoms with van der Waals surface area (Å²) in [4.78, 5) is 32.2. The van der Waals surface area contributed by atoms with Crippen molar-refractivity contribution in [3.63, 3.8) is 0 Å². The zero-order valence-corrected chi connectivity index (χ0v) is 17.4. The number of nitrogens with zero attached hydrogens (tertiary/aromatic N) is 4. The topological polar surface area (TPSA) is 113 Å². The van der Waals surface area contributed by atoms with Crippen LogP contribution in [0.15, 0.2) is 22.3 Å². The predicted octanol–water partition coefficient (Wildman–Crippen LogP) is 2.87. The quantitative estimate of drug-likeness (QED) is 0.542. The van der Waals surface area contributed by atoms with Gasteiger partial charge in [-0.25, -0.2) is 15.0 Å². The van der Waals surface area contributed by atoms with Gasteiger partial charge in [-0.3, -0.25) is 4.79 Å². The third-order valence-corrected chi connectivity index (χ3v) is 6.53. The van der Waals surface area contributed by atoms with Gasteiger partial charge in [0.25, 0.3) is 0 Å². The van der Waals surface area contributed by atoms with Crippen LogP contribution in [-0.2, 0) is 6.42 Å². The Bertz CT molecular complexity index is 1130. The second kappa shape index (κ2) is 7.16. The number of carbonyl (C=O) groups is 1. The van der Waals surface area contributed by atoms with Gasteiger partial charge in [-0.15, -0.1) is 0 Å². The summed E-state index contributed by atoms with van der Waals surface area (Å²) in [6.07, 6.45) is 3.42. The number of H-pyrrole nitrogens is 1. The molecular formula is C19H20ClN7OS. The smallest absolute Gasteiger partial charge is 0.196 e. The molecule has 1 saturated heterocycles. The number of hydrogen-bond donors (Lipinski definition) is 3. The fraction of sp³-hybridized carbons (Fsp3) is 0.368. The first kappa shape index (κ1) is 18.7. The van der Waals surface area contributed by atoms with E-state index in [2.05, 4.69) is 25.2 Å². The summed E-state index contributed by atoms with van der Waals surface area (Å²) < 4.78 is 0. The second-order valence-corrected chi connectivity index (χ2v) is 8.68. The lowest BCUT2D eigenvalue weighted by atomic mass is 10.2. The van der Waals surface area contributed by atoms with Gasteiger partial charge in [0.05, 0.1) is 22.5 Å². The maximum absolute atomic E-state index is 12.0. The molecule has 2 aliphatic rings. The summed E-state index contributed by atoms with van der Waals surface area (Å²) in [6.45, 7) is 3.91. The molecule has 8 nitrogen and oxygen atoms in total. The number of rotatable bonds is 4. The van der Waals surface area contributed by atoms with Crippen molar-refractivity contribution in [2.75, 3.05) is 29.9 Å². The standard InChI is InChI=1S/C19H20ClN7OS/c1-2-12-15(20)14-17(24-12)25-19(26-18(14)27-4-3-9(21)8-27)29-10-5-11-13(28)7-23-16(11)22-6-10/h5-6,9H,2-4,7-8,21H2,1H3,(H,22,23)(H,24,25,26)/t9-/m0/s1. The van der Waals surface area contributed by atoms with Gasteiger partial charge in [0.1, 0.15) is 17.3 Å². The molecule has 0 amide bonds. The summed E-state index contributed by atoms with van der Waals surface area (Å²) in [5.41, 5.74) is 8.39. The third-order valence-electron chi connectivity index (χ3n) is 5.29. The van der Waals surface area contributed by atoms with Crippen molar-refractivity contribution in [3.05, 3.63) is 28.5 Å². The Morgan fingerprint density at radius 2 is 2.28 bits per heavy atom. The van der Waals surface area contributed by atoms with Crippen molar-refractivity contribution >= 4 is 51.8 Å². The largest absolute Gasteiger partial charge is 0.362 e. The SMILES string of the molecule is CCc1[nH]c2nc(Sc3cnc4c(c3)C(=O)CN4)nc(N3CC[C@H](N)C3)c2c1Cl. The first-order chi connectivity index (χ1) is 14.0. The molecule has 5 rings (SSSR count). The van der Waals surface area contributed by atoms with E-state index >= 15 is 0 Å². The van der Waals surface area contributed by atoms with Gasteiger partial charge < -0.3 is 20.9 Å². The van der Waals surface area contributed by atoms with Crippen molar-refractivity contribution in [2.24, 2.45) is 5.73 Å². The van der Waals surface area contributed by atoms with Gasteiger partial charge in [-0.1, -0.05) is 18.5 Å². The molecule has 3 aromatic rings. The number of aromatic nitrogens is 4. The number of fused-ring (bicyclic) bond motifs is 2. The molecule has 2 aliphatic heterocycles. The molecule has 0 aromatic carbocycles. The molecule has 3 aromatic heterocycles. The van der Waals surface area contributed by atoms with E-state index in [4.69, 9.17) is 22.3 Å². The van der Waals surface area contributed by atoms with E-state index in [1.54, 1.807) is 6.20 Å². The number of nitrogens with two attached hydrogens (primary N) is 1. The van der Waals surface area contributed by atoms with Crippen molar-refractivity contribution in [3.8, 4) is 0 Å². The Kier molecular flexibility index (Phi) is 4.60. The van der Waals surface area contributed by atoms with Crippen molar-refractivity contribution in [2.45, 2.75) is 35.9 Å². The summed E-state index contributed by atoms with van der Waals surface area (Å²) in [7, 11) is 0. The van der Waals surface area contributed by atoms with Crippen LogP contribution < -0.4 is 16.0 Å². The van der Waals surface area contributed by atoms with Crippen LogP contribution in [0.4, 0.5) is 11.6 Å². The first-order valence-electron chi connectivity index (χ1n) is 9.57. The summed E-state index contributed by atoms with van der Waals surface area (Å²) in [6, 6.07) is 1.96. The van der Waals surface area contributed by atoms with Gasteiger partial charge in [0.2, 0.25) is 0 Å². The zero-order valence-electron chi connectivity index (χ0n) is 15.8. The summed E-state index contributed by atoms with van der Waals surface area (Å²) >= 11 is 8.02. The molecule has 0 radical (unpaired) electrons. The average Bonchev–Trinajstić information content (AvgIpc) is 3.39. The Morgan fingerprint density at radius 3 is 3.03 bits per heavy atom. The van der Waals surface area contributed by atoms with Crippen LogP contribution in [-0.4, -0.2) is 51.4 Å². The van der Waals surface area contributed by atoms with Crippen LogP contribution in [0.25, 0.3) is 11.0 Å². The van der Waals surface area contributed by atoms with Gasteiger partial charge in [-0.2, -0.15) is 0 Å². The molecule has 0 spiro atoms. The van der Waals surface area contributed by atoms with E-state index in [1.807, 2.05) is 13.0 Å². The van der Waals surface area contributed by atoms with E-state index in [1.165, 1.54) is 11.8 Å². The minimum Gasteiger partial charge on any atom is -0.362 e. The highest BCUT2D eigenvalue weighted by Crippen LogP contribution is 2.38. The van der Waals surface area contributed by atoms with E-state index in [0.717, 1.165) is 47.7 Å². The number of aryl methyl sites for hydroxylation is 1. The highest BCUT2D eigenvalue weighted by atomic mass is 35.5. The maximum atomic E-state index is 12.0. The molecule has 0 saturated carbocycles. The minimum atomic E-state index is 0.0433. The van der Waals surface area contributed by atoms with Crippen LogP contribution >= 0.6 is 23.4 Å². The normalized spacial score (nSPS) is 18.5. The van der Waals surface area contributed by atoms with E-state index in [0.29, 0.717) is 33.8 Å². The predicted molar refractivity (Wildman–Crippen MR) is 114 cm³/mol. The fourth-order valence-electron chi connectivity index (χ4n) is 3.79. The highest BCUT2D eigenvalue weighted by molar-refractivity contribution is 7.99. The number of anilines is 2. The van der Waals surface area contributed by atoms with Gasteiger partial charge in [0, 0.05) is 35.9 Å². The average molecular weight is 430 g/mol. The Labute approximate surface area is 176 Å². The number of carbonyl (C=O) groups excluding carboxylic acids is 1. The molecule has 0 aliphatic carbocycles. The number of halogens is 1. The number of pyridine rings is 1. The number of hydrogen-bond acceptors (Lipinski definition) is 8. The lowest BCUT2D eigenvalue weighted by Crippen LogP contribution is -2.27.